The molecular weight excluding hydrogens is 250 g/mol. The number of hydrogen-bond acceptors (Lipinski definition) is 3. The monoisotopic (exact) mass is 275 g/mol. The lowest BCUT2D eigenvalue weighted by Gasteiger charge is -2.35. The van der Waals surface area contributed by atoms with Crippen LogP contribution in [0.3, 0.4) is 0 Å². The van der Waals surface area contributed by atoms with Crippen LogP contribution in [0.15, 0.2) is 35.5 Å². The molecule has 1 saturated heterocycles. The molecule has 1 heterocycles. The van der Waals surface area contributed by atoms with Crippen molar-refractivity contribution in [3.05, 3.63) is 35.9 Å². The average Bonchev–Trinajstić information content (AvgIpc) is 2.70. The summed E-state index contributed by atoms with van der Waals surface area (Å²) in [5.41, 5.74) is 7.02. The third-order valence-electron chi connectivity index (χ3n) is 4.22. The van der Waals surface area contributed by atoms with Crippen LogP contribution in [-0.2, 0) is 0 Å². The zero-order chi connectivity index (χ0) is 14.4. The van der Waals surface area contributed by atoms with Crippen LogP contribution < -0.4 is 5.73 Å². The van der Waals surface area contributed by atoms with Crippen molar-refractivity contribution < 1.29 is 5.21 Å². The molecule has 0 aromatic heterocycles. The number of nitrogens with zero attached hydrogens (tertiary/aromatic N) is 2. The van der Waals surface area contributed by atoms with Gasteiger partial charge in [0.05, 0.1) is 0 Å². The summed E-state index contributed by atoms with van der Waals surface area (Å²) >= 11 is 0. The summed E-state index contributed by atoms with van der Waals surface area (Å²) in [5, 5.41) is 12.1. The van der Waals surface area contributed by atoms with Gasteiger partial charge in [-0.05, 0) is 31.9 Å². The van der Waals surface area contributed by atoms with Crippen molar-refractivity contribution in [3.63, 3.8) is 0 Å². The summed E-state index contributed by atoms with van der Waals surface area (Å²) in [4.78, 5) is 2.51. The predicted octanol–water partition coefficient (Wildman–Crippen LogP) is 3.13. The van der Waals surface area contributed by atoms with Crippen molar-refractivity contribution >= 4 is 5.84 Å². The molecule has 0 spiro atoms. The number of hydrogen-bond donors (Lipinski definition) is 2. The van der Waals surface area contributed by atoms with E-state index in [1.54, 1.807) is 0 Å². The van der Waals surface area contributed by atoms with E-state index in [1.807, 2.05) is 6.07 Å². The lowest BCUT2D eigenvalue weighted by atomic mass is 9.99. The first-order valence-electron chi connectivity index (χ1n) is 7.49. The van der Waals surface area contributed by atoms with Crippen molar-refractivity contribution in [1.29, 1.82) is 0 Å². The second-order valence-corrected chi connectivity index (χ2v) is 5.66. The fourth-order valence-corrected chi connectivity index (χ4v) is 3.10. The Balaban J connectivity index is 2.25. The van der Waals surface area contributed by atoms with Crippen LogP contribution in [-0.4, -0.2) is 28.5 Å². The average molecular weight is 275 g/mol. The molecule has 1 aliphatic heterocycles. The van der Waals surface area contributed by atoms with Crippen LogP contribution in [0, 0.1) is 0 Å². The van der Waals surface area contributed by atoms with E-state index in [0.717, 1.165) is 6.54 Å². The molecule has 2 rings (SSSR count). The SMILES string of the molecule is CC1CCCCCN1C(CC(N)=NO)c1ccccc1. The highest BCUT2D eigenvalue weighted by Crippen LogP contribution is 2.30. The molecule has 0 aliphatic carbocycles. The second kappa shape index (κ2) is 7.29. The van der Waals surface area contributed by atoms with Crippen LogP contribution >= 0.6 is 0 Å². The lowest BCUT2D eigenvalue weighted by Crippen LogP contribution is -2.38. The van der Waals surface area contributed by atoms with Gasteiger partial charge >= 0.3 is 0 Å². The Kier molecular flexibility index (Phi) is 5.41. The summed E-state index contributed by atoms with van der Waals surface area (Å²) in [5.74, 6) is 0.301. The van der Waals surface area contributed by atoms with Crippen molar-refractivity contribution in [2.45, 2.75) is 51.1 Å². The normalized spacial score (nSPS) is 23.2. The molecular formula is C16H25N3O. The van der Waals surface area contributed by atoms with E-state index in [1.165, 1.54) is 31.2 Å². The molecule has 2 unspecified atom stereocenters. The highest BCUT2D eigenvalue weighted by molar-refractivity contribution is 5.80. The number of nitrogens with two attached hydrogens (primary N) is 1. The van der Waals surface area contributed by atoms with Gasteiger partial charge in [-0.3, -0.25) is 4.90 Å². The quantitative estimate of drug-likeness (QED) is 0.384. The first-order chi connectivity index (χ1) is 9.72. The Labute approximate surface area is 121 Å². The summed E-state index contributed by atoms with van der Waals surface area (Å²) in [6.07, 6.45) is 5.61. The summed E-state index contributed by atoms with van der Waals surface area (Å²) in [7, 11) is 0. The highest BCUT2D eigenvalue weighted by atomic mass is 16.4. The van der Waals surface area contributed by atoms with E-state index in [4.69, 9.17) is 10.9 Å². The molecule has 4 nitrogen and oxygen atoms in total. The minimum Gasteiger partial charge on any atom is -0.409 e. The number of rotatable bonds is 4. The molecule has 3 N–H and O–H groups in total. The van der Waals surface area contributed by atoms with Gasteiger partial charge in [0.1, 0.15) is 5.84 Å². The van der Waals surface area contributed by atoms with Gasteiger partial charge in [0.2, 0.25) is 0 Å². The van der Waals surface area contributed by atoms with Gasteiger partial charge < -0.3 is 10.9 Å². The molecule has 1 aromatic rings. The molecule has 0 amide bonds. The standard InChI is InChI=1S/C16H25N3O/c1-13-8-4-3-7-11-19(13)15(12-16(17)18-20)14-9-5-2-6-10-14/h2,5-6,9-10,13,15,20H,3-4,7-8,11-12H2,1H3,(H2,17,18). The molecule has 1 aromatic carbocycles. The minimum atomic E-state index is 0.195. The molecule has 20 heavy (non-hydrogen) atoms. The maximum Gasteiger partial charge on any atom is 0.141 e. The van der Waals surface area contributed by atoms with Gasteiger partial charge in [0.15, 0.2) is 0 Å². The van der Waals surface area contributed by atoms with Crippen molar-refractivity contribution in [1.82, 2.24) is 4.90 Å². The molecule has 2 atom stereocenters. The molecule has 0 saturated carbocycles. The van der Waals surface area contributed by atoms with Gasteiger partial charge in [-0.25, -0.2) is 0 Å². The fourth-order valence-electron chi connectivity index (χ4n) is 3.10. The number of likely N-dealkylation sites (tertiary alicyclic amines) is 1. The van der Waals surface area contributed by atoms with Gasteiger partial charge in [-0.1, -0.05) is 48.3 Å². The molecule has 1 fully saturated rings. The zero-order valence-corrected chi connectivity index (χ0v) is 12.2. The summed E-state index contributed by atoms with van der Waals surface area (Å²) in [6, 6.07) is 11.1. The first-order valence-corrected chi connectivity index (χ1v) is 7.49. The number of amidine groups is 1. The van der Waals surface area contributed by atoms with E-state index in [9.17, 15) is 0 Å². The Bertz CT molecular complexity index is 433. The van der Waals surface area contributed by atoms with E-state index in [0.29, 0.717) is 18.3 Å². The summed E-state index contributed by atoms with van der Waals surface area (Å²) < 4.78 is 0. The molecule has 110 valence electrons. The third kappa shape index (κ3) is 3.73. The fraction of sp³-hybridized carbons (Fsp3) is 0.562. The molecule has 1 aliphatic rings. The van der Waals surface area contributed by atoms with Crippen molar-refractivity contribution in [2.75, 3.05) is 6.54 Å². The van der Waals surface area contributed by atoms with E-state index < -0.39 is 0 Å². The summed E-state index contributed by atoms with van der Waals surface area (Å²) in [6.45, 7) is 3.37. The highest BCUT2D eigenvalue weighted by Gasteiger charge is 2.27. The van der Waals surface area contributed by atoms with Crippen LogP contribution in [0.1, 0.15) is 50.6 Å². The lowest BCUT2D eigenvalue weighted by molar-refractivity contribution is 0.149. The number of benzene rings is 1. The van der Waals surface area contributed by atoms with Gasteiger partial charge in [-0.2, -0.15) is 0 Å². The Hall–Kier alpha value is -1.55. The Morgan fingerprint density at radius 3 is 2.80 bits per heavy atom. The Morgan fingerprint density at radius 1 is 1.35 bits per heavy atom. The van der Waals surface area contributed by atoms with E-state index in [2.05, 4.69) is 41.2 Å². The smallest absolute Gasteiger partial charge is 0.141 e. The zero-order valence-electron chi connectivity index (χ0n) is 12.2. The molecule has 4 heteroatoms. The largest absolute Gasteiger partial charge is 0.409 e. The second-order valence-electron chi connectivity index (χ2n) is 5.66. The number of oxime groups is 1. The van der Waals surface area contributed by atoms with Crippen molar-refractivity contribution in [2.24, 2.45) is 10.9 Å². The third-order valence-corrected chi connectivity index (χ3v) is 4.22. The van der Waals surface area contributed by atoms with E-state index in [-0.39, 0.29) is 6.04 Å². The van der Waals surface area contributed by atoms with Crippen LogP contribution in [0.2, 0.25) is 0 Å². The maximum absolute atomic E-state index is 8.89. The van der Waals surface area contributed by atoms with Gasteiger partial charge in [0, 0.05) is 18.5 Å². The van der Waals surface area contributed by atoms with E-state index >= 15 is 0 Å². The van der Waals surface area contributed by atoms with Gasteiger partial charge in [0.25, 0.3) is 0 Å². The predicted molar refractivity (Wildman–Crippen MR) is 81.8 cm³/mol. The van der Waals surface area contributed by atoms with Crippen molar-refractivity contribution in [3.8, 4) is 0 Å². The van der Waals surface area contributed by atoms with Crippen LogP contribution in [0.25, 0.3) is 0 Å². The topological polar surface area (TPSA) is 61.8 Å². The van der Waals surface area contributed by atoms with Crippen LogP contribution in [0.5, 0.6) is 0 Å². The molecule has 0 radical (unpaired) electrons. The molecule has 0 bridgehead atoms. The minimum absolute atomic E-state index is 0.195. The first kappa shape index (κ1) is 14.9. The Morgan fingerprint density at radius 2 is 2.10 bits per heavy atom. The van der Waals surface area contributed by atoms with Gasteiger partial charge in [-0.15, -0.1) is 0 Å². The van der Waals surface area contributed by atoms with Crippen LogP contribution in [0.4, 0.5) is 0 Å². The maximum atomic E-state index is 8.89.